The first kappa shape index (κ1) is 10.9. The maximum atomic E-state index is 11.6. The van der Waals surface area contributed by atoms with Crippen molar-refractivity contribution < 1.29 is 4.79 Å². The van der Waals surface area contributed by atoms with Crippen LogP contribution in [0.25, 0.3) is 6.08 Å². The molecule has 1 aromatic rings. The Morgan fingerprint density at radius 2 is 2.00 bits per heavy atom. The van der Waals surface area contributed by atoms with Gasteiger partial charge >= 0.3 is 0 Å². The van der Waals surface area contributed by atoms with Crippen molar-refractivity contribution in [3.8, 4) is 0 Å². The molecule has 0 spiro atoms. The molecule has 0 N–H and O–H groups in total. The molecule has 0 saturated carbocycles. The molecular formula is C14H17NO. The first-order chi connectivity index (χ1) is 7.68. The third-order valence-electron chi connectivity index (χ3n) is 3.11. The van der Waals surface area contributed by atoms with Crippen LogP contribution >= 0.6 is 0 Å². The van der Waals surface area contributed by atoms with Crippen LogP contribution in [0.3, 0.4) is 0 Å². The molecule has 2 nitrogen and oxygen atoms in total. The Morgan fingerprint density at radius 3 is 2.81 bits per heavy atom. The highest BCUT2D eigenvalue weighted by atomic mass is 16.1. The highest BCUT2D eigenvalue weighted by molar-refractivity contribution is 5.98. The minimum Gasteiger partial charge on any atom is -0.351 e. The lowest BCUT2D eigenvalue weighted by molar-refractivity contribution is -0.115. The number of aryl methyl sites for hydroxylation is 2. The zero-order valence-electron chi connectivity index (χ0n) is 9.70. The molecular weight excluding hydrogens is 198 g/mol. The number of rotatable bonds is 0. The standard InChI is InChI=1S/C14H17NO/c1-11-7-8-13-12(9-10-15(13)2)5-3-4-6-14(11)16/h7-10H,1,3-6H2,2H3/b8-7-. The number of allylic oxidation sites excluding steroid dienone is 2. The van der Waals surface area contributed by atoms with E-state index < -0.39 is 0 Å². The van der Waals surface area contributed by atoms with E-state index in [0.717, 1.165) is 19.3 Å². The minimum atomic E-state index is 0.175. The number of ketones is 1. The fourth-order valence-electron chi connectivity index (χ4n) is 2.06. The molecule has 0 aromatic carbocycles. The largest absolute Gasteiger partial charge is 0.351 e. The molecule has 0 radical (unpaired) electrons. The number of Topliss-reactive ketones (excluding diaryl/α,β-unsaturated/α-hetero) is 1. The number of hydrogen-bond donors (Lipinski definition) is 0. The molecule has 0 unspecified atom stereocenters. The number of aromatic nitrogens is 1. The summed E-state index contributed by atoms with van der Waals surface area (Å²) in [6.07, 6.45) is 9.63. The average molecular weight is 215 g/mol. The van der Waals surface area contributed by atoms with Gasteiger partial charge in [0.1, 0.15) is 0 Å². The minimum absolute atomic E-state index is 0.175. The van der Waals surface area contributed by atoms with Gasteiger partial charge in [-0.25, -0.2) is 0 Å². The Hall–Kier alpha value is -1.57. The number of fused-ring (bicyclic) bond motifs is 1. The van der Waals surface area contributed by atoms with E-state index in [-0.39, 0.29) is 5.78 Å². The van der Waals surface area contributed by atoms with Gasteiger partial charge in [0.25, 0.3) is 0 Å². The van der Waals surface area contributed by atoms with E-state index in [4.69, 9.17) is 0 Å². The van der Waals surface area contributed by atoms with Gasteiger partial charge in [-0.2, -0.15) is 0 Å². The summed E-state index contributed by atoms with van der Waals surface area (Å²) in [5.41, 5.74) is 3.17. The van der Waals surface area contributed by atoms with Gasteiger partial charge in [-0.1, -0.05) is 6.58 Å². The number of carbonyl (C=O) groups is 1. The van der Waals surface area contributed by atoms with Crippen molar-refractivity contribution in [2.45, 2.75) is 25.7 Å². The van der Waals surface area contributed by atoms with Crippen LogP contribution in [0.15, 0.2) is 30.5 Å². The van der Waals surface area contributed by atoms with Crippen LogP contribution in [-0.4, -0.2) is 10.4 Å². The molecule has 2 rings (SSSR count). The van der Waals surface area contributed by atoms with Crippen molar-refractivity contribution in [1.82, 2.24) is 4.57 Å². The summed E-state index contributed by atoms with van der Waals surface area (Å²) in [4.78, 5) is 11.6. The van der Waals surface area contributed by atoms with Gasteiger partial charge in [0.05, 0.1) is 0 Å². The Balaban J connectivity index is 2.35. The quantitative estimate of drug-likeness (QED) is 0.610. The van der Waals surface area contributed by atoms with E-state index >= 15 is 0 Å². The molecule has 2 heteroatoms. The molecule has 0 atom stereocenters. The van der Waals surface area contributed by atoms with Gasteiger partial charge in [-0.05, 0) is 43.0 Å². The van der Waals surface area contributed by atoms with Gasteiger partial charge in [0.2, 0.25) is 0 Å². The molecule has 1 aliphatic carbocycles. The smallest absolute Gasteiger partial charge is 0.162 e. The van der Waals surface area contributed by atoms with E-state index in [1.54, 1.807) is 0 Å². The zero-order chi connectivity index (χ0) is 11.5. The van der Waals surface area contributed by atoms with Crippen LogP contribution in [0.4, 0.5) is 0 Å². The lowest BCUT2D eigenvalue weighted by Gasteiger charge is -2.07. The van der Waals surface area contributed by atoms with Crippen molar-refractivity contribution in [1.29, 1.82) is 0 Å². The molecule has 1 heterocycles. The second-order valence-corrected chi connectivity index (χ2v) is 4.33. The Bertz CT molecular complexity index is 451. The van der Waals surface area contributed by atoms with Crippen molar-refractivity contribution >= 4 is 11.9 Å². The van der Waals surface area contributed by atoms with Crippen LogP contribution in [0.1, 0.15) is 30.5 Å². The molecule has 84 valence electrons. The van der Waals surface area contributed by atoms with Crippen molar-refractivity contribution in [2.75, 3.05) is 0 Å². The summed E-state index contributed by atoms with van der Waals surface area (Å²) < 4.78 is 2.09. The fraction of sp³-hybridized carbons (Fsp3) is 0.357. The van der Waals surface area contributed by atoms with E-state index in [2.05, 4.69) is 23.4 Å². The van der Waals surface area contributed by atoms with Crippen LogP contribution in [0, 0.1) is 0 Å². The topological polar surface area (TPSA) is 22.0 Å². The molecule has 0 fully saturated rings. The van der Waals surface area contributed by atoms with E-state index in [1.807, 2.05) is 19.2 Å². The first-order valence-corrected chi connectivity index (χ1v) is 5.73. The normalized spacial score (nSPS) is 19.3. The Kier molecular flexibility index (Phi) is 3.09. The van der Waals surface area contributed by atoms with Gasteiger partial charge in [-0.15, -0.1) is 0 Å². The third kappa shape index (κ3) is 2.16. The zero-order valence-corrected chi connectivity index (χ0v) is 9.70. The summed E-state index contributed by atoms with van der Waals surface area (Å²) in [7, 11) is 2.03. The molecule has 16 heavy (non-hydrogen) atoms. The molecule has 1 aliphatic rings. The van der Waals surface area contributed by atoms with E-state index in [9.17, 15) is 4.79 Å². The SMILES string of the molecule is C=C1/C=C\c2c(ccn2C)CCCCC1=O. The summed E-state index contributed by atoms with van der Waals surface area (Å²) >= 11 is 0. The van der Waals surface area contributed by atoms with Gasteiger partial charge in [0.15, 0.2) is 5.78 Å². The Labute approximate surface area is 96.3 Å². The fourth-order valence-corrected chi connectivity index (χ4v) is 2.06. The van der Waals surface area contributed by atoms with Crippen LogP contribution in [0.2, 0.25) is 0 Å². The third-order valence-corrected chi connectivity index (χ3v) is 3.11. The predicted molar refractivity (Wildman–Crippen MR) is 66.1 cm³/mol. The molecule has 0 saturated heterocycles. The lowest BCUT2D eigenvalue weighted by Crippen LogP contribution is -2.02. The second-order valence-electron chi connectivity index (χ2n) is 4.33. The summed E-state index contributed by atoms with van der Waals surface area (Å²) in [6, 6.07) is 2.16. The van der Waals surface area contributed by atoms with Gasteiger partial charge in [0, 0.05) is 30.9 Å². The number of nitrogens with zero attached hydrogens (tertiary/aromatic N) is 1. The van der Waals surface area contributed by atoms with Crippen molar-refractivity contribution in [2.24, 2.45) is 7.05 Å². The maximum Gasteiger partial charge on any atom is 0.162 e. The van der Waals surface area contributed by atoms with E-state index in [1.165, 1.54) is 11.3 Å². The Morgan fingerprint density at radius 1 is 1.25 bits per heavy atom. The lowest BCUT2D eigenvalue weighted by atomic mass is 10.0. The number of hydrogen-bond acceptors (Lipinski definition) is 1. The summed E-state index contributed by atoms with van der Waals surface area (Å²) in [6.45, 7) is 3.81. The predicted octanol–water partition coefficient (Wildman–Crippen LogP) is 2.89. The molecule has 1 aromatic heterocycles. The van der Waals surface area contributed by atoms with Crippen LogP contribution in [-0.2, 0) is 18.3 Å². The van der Waals surface area contributed by atoms with Crippen LogP contribution < -0.4 is 0 Å². The molecule has 0 bridgehead atoms. The monoisotopic (exact) mass is 215 g/mol. The van der Waals surface area contributed by atoms with Gasteiger partial charge < -0.3 is 4.57 Å². The van der Waals surface area contributed by atoms with E-state index in [0.29, 0.717) is 12.0 Å². The molecule has 0 amide bonds. The highest BCUT2D eigenvalue weighted by Crippen LogP contribution is 2.18. The highest BCUT2D eigenvalue weighted by Gasteiger charge is 2.09. The average Bonchev–Trinajstić information content (AvgIpc) is 2.62. The first-order valence-electron chi connectivity index (χ1n) is 5.73. The van der Waals surface area contributed by atoms with Crippen molar-refractivity contribution in [3.05, 3.63) is 41.7 Å². The summed E-state index contributed by atoms with van der Waals surface area (Å²) in [5.74, 6) is 0.175. The van der Waals surface area contributed by atoms with Crippen LogP contribution in [0.5, 0.6) is 0 Å². The molecule has 0 aliphatic heterocycles. The maximum absolute atomic E-state index is 11.6. The van der Waals surface area contributed by atoms with Crippen molar-refractivity contribution in [3.63, 3.8) is 0 Å². The second kappa shape index (κ2) is 4.52. The van der Waals surface area contributed by atoms with Gasteiger partial charge in [-0.3, -0.25) is 4.79 Å². The summed E-state index contributed by atoms with van der Waals surface area (Å²) in [5, 5.41) is 0. The number of carbonyl (C=O) groups excluding carboxylic acids is 1.